The molecule has 1 aromatic carbocycles. The second-order valence-electron chi connectivity index (χ2n) is 8.46. The zero-order chi connectivity index (χ0) is 19.3. The highest BCUT2D eigenvalue weighted by Crippen LogP contribution is 2.28. The van der Waals surface area contributed by atoms with Crippen molar-refractivity contribution >= 4 is 5.97 Å². The van der Waals surface area contributed by atoms with Crippen molar-refractivity contribution in [2.75, 3.05) is 13.1 Å². The van der Waals surface area contributed by atoms with E-state index in [4.69, 9.17) is 9.47 Å². The molecule has 0 aromatic heterocycles. The van der Waals surface area contributed by atoms with Gasteiger partial charge in [-0.25, -0.2) is 0 Å². The molecule has 1 aliphatic heterocycles. The summed E-state index contributed by atoms with van der Waals surface area (Å²) in [5.74, 6) is 0.911. The van der Waals surface area contributed by atoms with Gasteiger partial charge in [0.25, 0.3) is 0 Å². The molecule has 0 N–H and O–H groups in total. The molecule has 1 aliphatic carbocycles. The Balaban J connectivity index is 1.43. The highest BCUT2D eigenvalue weighted by molar-refractivity contribution is 5.73. The first kappa shape index (κ1) is 19.7. The van der Waals surface area contributed by atoms with E-state index < -0.39 is 5.60 Å². The predicted molar refractivity (Wildman–Crippen MR) is 107 cm³/mol. The van der Waals surface area contributed by atoms with Gasteiger partial charge in [-0.1, -0.05) is 42.0 Å². The molecule has 0 amide bonds. The van der Waals surface area contributed by atoms with Gasteiger partial charge >= 0.3 is 5.97 Å². The summed E-state index contributed by atoms with van der Waals surface area (Å²) in [5, 5.41) is 0. The molecule has 0 radical (unpaired) electrons. The third-order valence-electron chi connectivity index (χ3n) is 4.71. The van der Waals surface area contributed by atoms with Gasteiger partial charge in [-0.2, -0.15) is 0 Å². The third-order valence-corrected chi connectivity index (χ3v) is 4.71. The zero-order valence-electron chi connectivity index (χ0n) is 16.7. The molecule has 0 saturated heterocycles. The molecule has 4 heteroatoms. The maximum atomic E-state index is 12.0. The van der Waals surface area contributed by atoms with E-state index in [0.29, 0.717) is 6.42 Å². The molecule has 0 spiro atoms. The van der Waals surface area contributed by atoms with Crippen LogP contribution in [0.15, 0.2) is 53.8 Å². The van der Waals surface area contributed by atoms with Crippen molar-refractivity contribution in [3.05, 3.63) is 59.4 Å². The van der Waals surface area contributed by atoms with Gasteiger partial charge in [0.2, 0.25) is 0 Å². The normalized spacial score (nSPS) is 20.8. The van der Waals surface area contributed by atoms with Crippen LogP contribution in [-0.4, -0.2) is 35.7 Å². The molecule has 2 aliphatic rings. The summed E-state index contributed by atoms with van der Waals surface area (Å²) in [6.07, 6.45) is 7.57. The topological polar surface area (TPSA) is 38.8 Å². The summed E-state index contributed by atoms with van der Waals surface area (Å²) in [5.41, 5.74) is 2.04. The SMILES string of the molecule is CC(C)(C)OC(=O)CC1=CCC(OC2=CCCN(Cc3ccccc3)C2)C1. The number of nitrogens with zero attached hydrogens (tertiary/aromatic N) is 1. The molecule has 4 nitrogen and oxygen atoms in total. The molecular formula is C23H31NO3. The molecule has 1 unspecified atom stereocenters. The van der Waals surface area contributed by atoms with Gasteiger partial charge in [-0.15, -0.1) is 0 Å². The van der Waals surface area contributed by atoms with E-state index in [0.717, 1.165) is 50.2 Å². The van der Waals surface area contributed by atoms with Gasteiger partial charge in [0.05, 0.1) is 13.0 Å². The average Bonchev–Trinajstić information content (AvgIpc) is 3.01. The maximum absolute atomic E-state index is 12.0. The van der Waals surface area contributed by atoms with E-state index in [9.17, 15) is 4.79 Å². The quantitative estimate of drug-likeness (QED) is 0.542. The monoisotopic (exact) mass is 369 g/mol. The van der Waals surface area contributed by atoms with Gasteiger partial charge in [-0.05, 0) is 38.8 Å². The number of ether oxygens (including phenoxy) is 2. The van der Waals surface area contributed by atoms with Crippen LogP contribution in [0.4, 0.5) is 0 Å². The van der Waals surface area contributed by atoms with Gasteiger partial charge in [0.1, 0.15) is 17.5 Å². The standard InChI is InChI=1S/C23H31NO3/c1-23(2,3)27-22(25)15-19-11-12-20(14-19)26-21-10-7-13-24(17-21)16-18-8-5-4-6-9-18/h4-6,8-11,20H,7,12-17H2,1-3H3. The fraction of sp³-hybridized carbons (Fsp3) is 0.522. The van der Waals surface area contributed by atoms with Crippen LogP contribution >= 0.6 is 0 Å². The van der Waals surface area contributed by atoms with E-state index in [1.807, 2.05) is 20.8 Å². The molecule has 27 heavy (non-hydrogen) atoms. The van der Waals surface area contributed by atoms with E-state index in [-0.39, 0.29) is 12.1 Å². The van der Waals surface area contributed by atoms with Crippen molar-refractivity contribution in [2.45, 2.75) is 64.7 Å². The van der Waals surface area contributed by atoms with Gasteiger partial charge in [0, 0.05) is 25.9 Å². The summed E-state index contributed by atoms with van der Waals surface area (Å²) >= 11 is 0. The van der Waals surface area contributed by atoms with Crippen molar-refractivity contribution < 1.29 is 14.3 Å². The Bertz CT molecular complexity index is 700. The minimum atomic E-state index is -0.429. The Kier molecular flexibility index (Phi) is 6.38. The lowest BCUT2D eigenvalue weighted by Crippen LogP contribution is -2.31. The van der Waals surface area contributed by atoms with Crippen LogP contribution in [0, 0.1) is 0 Å². The number of carbonyl (C=O) groups excluding carboxylic acids is 1. The summed E-state index contributed by atoms with van der Waals surface area (Å²) in [6.45, 7) is 8.57. The molecule has 1 heterocycles. The van der Waals surface area contributed by atoms with Crippen molar-refractivity contribution in [1.29, 1.82) is 0 Å². The van der Waals surface area contributed by atoms with Crippen LogP contribution in [0.1, 0.15) is 52.0 Å². The first-order valence-electron chi connectivity index (χ1n) is 9.89. The highest BCUT2D eigenvalue weighted by Gasteiger charge is 2.25. The predicted octanol–water partition coefficient (Wildman–Crippen LogP) is 4.61. The first-order valence-corrected chi connectivity index (χ1v) is 9.89. The van der Waals surface area contributed by atoms with Crippen LogP contribution in [0.2, 0.25) is 0 Å². The Morgan fingerprint density at radius 1 is 1.19 bits per heavy atom. The van der Waals surface area contributed by atoms with Gasteiger partial charge < -0.3 is 9.47 Å². The first-order chi connectivity index (χ1) is 12.9. The fourth-order valence-electron chi connectivity index (χ4n) is 3.60. The second kappa shape index (κ2) is 8.75. The molecule has 0 saturated carbocycles. The molecule has 1 atom stereocenters. The van der Waals surface area contributed by atoms with E-state index in [2.05, 4.69) is 47.4 Å². The summed E-state index contributed by atoms with van der Waals surface area (Å²) < 4.78 is 11.7. The third kappa shape index (κ3) is 6.55. The van der Waals surface area contributed by atoms with E-state index >= 15 is 0 Å². The highest BCUT2D eigenvalue weighted by atomic mass is 16.6. The Morgan fingerprint density at radius 3 is 2.70 bits per heavy atom. The zero-order valence-corrected chi connectivity index (χ0v) is 16.7. The van der Waals surface area contributed by atoms with E-state index in [1.54, 1.807) is 0 Å². The lowest BCUT2D eigenvalue weighted by molar-refractivity contribution is -0.153. The minimum absolute atomic E-state index is 0.144. The van der Waals surface area contributed by atoms with Crippen molar-refractivity contribution in [1.82, 2.24) is 4.90 Å². The summed E-state index contributed by atoms with van der Waals surface area (Å²) in [6, 6.07) is 10.6. The number of rotatable bonds is 6. The number of hydrogen-bond donors (Lipinski definition) is 0. The molecule has 0 bridgehead atoms. The van der Waals surface area contributed by atoms with Crippen LogP contribution in [0.5, 0.6) is 0 Å². The van der Waals surface area contributed by atoms with Crippen LogP contribution in [0.3, 0.4) is 0 Å². The van der Waals surface area contributed by atoms with Gasteiger partial charge in [-0.3, -0.25) is 9.69 Å². The lowest BCUT2D eigenvalue weighted by Gasteiger charge is -2.29. The number of carbonyl (C=O) groups is 1. The molecule has 0 fully saturated rings. The molecular weight excluding hydrogens is 338 g/mol. The molecule has 146 valence electrons. The van der Waals surface area contributed by atoms with Crippen LogP contribution < -0.4 is 0 Å². The maximum Gasteiger partial charge on any atom is 0.310 e. The molecule has 1 aromatic rings. The van der Waals surface area contributed by atoms with Crippen molar-refractivity contribution in [3.8, 4) is 0 Å². The molecule has 3 rings (SSSR count). The number of hydrogen-bond acceptors (Lipinski definition) is 4. The smallest absolute Gasteiger partial charge is 0.310 e. The van der Waals surface area contributed by atoms with E-state index in [1.165, 1.54) is 5.56 Å². The van der Waals surface area contributed by atoms with Crippen molar-refractivity contribution in [3.63, 3.8) is 0 Å². The fourth-order valence-corrected chi connectivity index (χ4v) is 3.60. The Hall–Kier alpha value is -2.07. The van der Waals surface area contributed by atoms with Gasteiger partial charge in [0.15, 0.2) is 0 Å². The minimum Gasteiger partial charge on any atom is -0.493 e. The lowest BCUT2D eigenvalue weighted by atomic mass is 10.1. The largest absolute Gasteiger partial charge is 0.493 e. The number of benzene rings is 1. The average molecular weight is 370 g/mol. The van der Waals surface area contributed by atoms with Crippen LogP contribution in [-0.2, 0) is 20.8 Å². The second-order valence-corrected chi connectivity index (χ2v) is 8.46. The van der Waals surface area contributed by atoms with Crippen LogP contribution in [0.25, 0.3) is 0 Å². The Morgan fingerprint density at radius 2 is 1.96 bits per heavy atom. The summed E-state index contributed by atoms with van der Waals surface area (Å²) in [4.78, 5) is 14.4. The number of esters is 1. The van der Waals surface area contributed by atoms with Crippen molar-refractivity contribution in [2.24, 2.45) is 0 Å². The Labute approximate surface area is 162 Å². The summed E-state index contributed by atoms with van der Waals surface area (Å²) in [7, 11) is 0.